The van der Waals surface area contributed by atoms with Gasteiger partial charge in [0.1, 0.15) is 0 Å². The number of hydrogen-bond acceptors (Lipinski definition) is 1. The van der Waals surface area contributed by atoms with Gasteiger partial charge >= 0.3 is 0 Å². The van der Waals surface area contributed by atoms with Crippen LogP contribution in [0.3, 0.4) is 0 Å². The predicted octanol–water partition coefficient (Wildman–Crippen LogP) is 5.81. The predicted molar refractivity (Wildman–Crippen MR) is 83.3 cm³/mol. The van der Waals surface area contributed by atoms with Crippen LogP contribution in [0.4, 0.5) is 0 Å². The van der Waals surface area contributed by atoms with Crippen LogP contribution in [0.25, 0.3) is 0 Å². The quantitative estimate of drug-likeness (QED) is 0.596. The van der Waals surface area contributed by atoms with Crippen molar-refractivity contribution in [3.05, 3.63) is 55.7 Å². The Morgan fingerprint density at radius 1 is 1.18 bits per heavy atom. The third kappa shape index (κ3) is 3.43. The van der Waals surface area contributed by atoms with Crippen LogP contribution >= 0.6 is 43.2 Å². The molecule has 1 aromatic heterocycles. The summed E-state index contributed by atoms with van der Waals surface area (Å²) in [5, 5.41) is 2.20. The van der Waals surface area contributed by atoms with Gasteiger partial charge in [-0.25, -0.2) is 0 Å². The fraction of sp³-hybridized carbons (Fsp3) is 0.286. The second-order valence-electron chi connectivity index (χ2n) is 4.27. The Morgan fingerprint density at radius 3 is 2.53 bits per heavy atom. The normalized spacial score (nSPS) is 12.7. The maximum Gasteiger partial charge on any atom is 0.0701 e. The van der Waals surface area contributed by atoms with E-state index in [2.05, 4.69) is 75.4 Å². The maximum atomic E-state index is 3.76. The Labute approximate surface area is 123 Å². The van der Waals surface area contributed by atoms with Crippen molar-refractivity contribution in [1.29, 1.82) is 0 Å². The second kappa shape index (κ2) is 5.68. The van der Waals surface area contributed by atoms with Crippen molar-refractivity contribution in [2.45, 2.75) is 25.1 Å². The molecule has 0 fully saturated rings. The van der Waals surface area contributed by atoms with Crippen LogP contribution in [-0.2, 0) is 6.42 Å². The zero-order valence-electron chi connectivity index (χ0n) is 9.84. The molecule has 1 atom stereocenters. The van der Waals surface area contributed by atoms with Crippen molar-refractivity contribution in [2.24, 2.45) is 0 Å². The molecule has 3 heteroatoms. The lowest BCUT2D eigenvalue weighted by molar-refractivity contribution is 0.950. The highest BCUT2D eigenvalue weighted by Gasteiger charge is 2.10. The summed E-state index contributed by atoms with van der Waals surface area (Å²) in [6, 6.07) is 8.89. The van der Waals surface area contributed by atoms with E-state index in [0.29, 0.717) is 4.83 Å². The van der Waals surface area contributed by atoms with E-state index in [0.717, 1.165) is 6.42 Å². The number of alkyl halides is 1. The maximum absolute atomic E-state index is 3.76. The molecule has 0 saturated heterocycles. The molecule has 2 rings (SSSR count). The van der Waals surface area contributed by atoms with E-state index in [-0.39, 0.29) is 0 Å². The molecule has 0 nitrogen and oxygen atoms in total. The standard InChI is InChI=1S/C14H14Br2S/c1-9-3-4-11(5-10(9)2)6-13(15)12-7-14(16)17-8-12/h3-5,7-8,13H,6H2,1-2H3. The molecule has 0 aliphatic carbocycles. The van der Waals surface area contributed by atoms with Gasteiger partial charge in [-0.2, -0.15) is 0 Å². The minimum atomic E-state index is 0.396. The molecule has 0 amide bonds. The third-order valence-corrected chi connectivity index (χ3v) is 5.31. The van der Waals surface area contributed by atoms with E-state index in [4.69, 9.17) is 0 Å². The van der Waals surface area contributed by atoms with Gasteiger partial charge in [0.05, 0.1) is 3.79 Å². The number of halogens is 2. The number of thiophene rings is 1. The summed E-state index contributed by atoms with van der Waals surface area (Å²) in [7, 11) is 0. The van der Waals surface area contributed by atoms with Gasteiger partial charge in [-0.1, -0.05) is 34.1 Å². The minimum Gasteiger partial charge on any atom is -0.137 e. The number of aryl methyl sites for hydroxylation is 2. The fourth-order valence-electron chi connectivity index (χ4n) is 1.74. The molecule has 90 valence electrons. The summed E-state index contributed by atoms with van der Waals surface area (Å²) in [6.45, 7) is 4.32. The van der Waals surface area contributed by atoms with Gasteiger partial charge in [0.15, 0.2) is 0 Å². The van der Waals surface area contributed by atoms with Crippen LogP contribution in [0.15, 0.2) is 33.4 Å². The van der Waals surface area contributed by atoms with Crippen LogP contribution in [0.5, 0.6) is 0 Å². The van der Waals surface area contributed by atoms with Crippen LogP contribution in [0.1, 0.15) is 27.1 Å². The molecule has 0 radical (unpaired) electrons. The molecule has 1 aromatic carbocycles. The molecule has 17 heavy (non-hydrogen) atoms. The smallest absolute Gasteiger partial charge is 0.0701 e. The van der Waals surface area contributed by atoms with Gasteiger partial charge in [0.2, 0.25) is 0 Å². The van der Waals surface area contributed by atoms with Crippen LogP contribution in [0.2, 0.25) is 0 Å². The molecule has 0 spiro atoms. The van der Waals surface area contributed by atoms with Crippen molar-refractivity contribution in [1.82, 2.24) is 0 Å². The second-order valence-corrected chi connectivity index (χ2v) is 7.67. The van der Waals surface area contributed by atoms with Gasteiger partial charge in [-0.05, 0) is 69.9 Å². The fourth-order valence-corrected chi connectivity index (χ4v) is 3.79. The number of benzene rings is 1. The first-order chi connectivity index (χ1) is 8.06. The molecule has 0 N–H and O–H groups in total. The van der Waals surface area contributed by atoms with E-state index in [1.54, 1.807) is 11.3 Å². The lowest BCUT2D eigenvalue weighted by Crippen LogP contribution is -1.95. The lowest BCUT2D eigenvalue weighted by Gasteiger charge is -2.09. The lowest BCUT2D eigenvalue weighted by atomic mass is 10.0. The van der Waals surface area contributed by atoms with Gasteiger partial charge in [-0.15, -0.1) is 11.3 Å². The number of hydrogen-bond donors (Lipinski definition) is 0. The average molecular weight is 374 g/mol. The largest absolute Gasteiger partial charge is 0.137 e. The number of rotatable bonds is 3. The van der Waals surface area contributed by atoms with Crippen molar-refractivity contribution < 1.29 is 0 Å². The summed E-state index contributed by atoms with van der Waals surface area (Å²) in [5.74, 6) is 0. The van der Waals surface area contributed by atoms with Gasteiger partial charge < -0.3 is 0 Å². The van der Waals surface area contributed by atoms with E-state index in [9.17, 15) is 0 Å². The molecular formula is C14H14Br2S. The third-order valence-electron chi connectivity index (χ3n) is 2.94. The average Bonchev–Trinajstić information content (AvgIpc) is 2.70. The van der Waals surface area contributed by atoms with Crippen molar-refractivity contribution in [3.63, 3.8) is 0 Å². The minimum absolute atomic E-state index is 0.396. The van der Waals surface area contributed by atoms with Gasteiger partial charge in [0.25, 0.3) is 0 Å². The Hall–Kier alpha value is -0.120. The summed E-state index contributed by atoms with van der Waals surface area (Å²) < 4.78 is 1.19. The van der Waals surface area contributed by atoms with Gasteiger partial charge in [-0.3, -0.25) is 0 Å². The summed E-state index contributed by atoms with van der Waals surface area (Å²) in [4.78, 5) is 0.396. The van der Waals surface area contributed by atoms with Crippen molar-refractivity contribution in [3.8, 4) is 0 Å². The molecule has 0 bridgehead atoms. The summed E-state index contributed by atoms with van der Waals surface area (Å²) in [6.07, 6.45) is 1.03. The molecular weight excluding hydrogens is 360 g/mol. The summed E-state index contributed by atoms with van der Waals surface area (Å²) in [5.41, 5.74) is 5.46. The van der Waals surface area contributed by atoms with Crippen molar-refractivity contribution in [2.75, 3.05) is 0 Å². The van der Waals surface area contributed by atoms with E-state index in [1.165, 1.54) is 26.0 Å². The molecule has 2 aromatic rings. The topological polar surface area (TPSA) is 0 Å². The monoisotopic (exact) mass is 372 g/mol. The Bertz CT molecular complexity index is 517. The van der Waals surface area contributed by atoms with Gasteiger partial charge in [0, 0.05) is 4.83 Å². The molecule has 0 aliphatic rings. The zero-order chi connectivity index (χ0) is 12.4. The Balaban J connectivity index is 2.12. The summed E-state index contributed by atoms with van der Waals surface area (Å²) >= 11 is 9.01. The van der Waals surface area contributed by atoms with E-state index < -0.39 is 0 Å². The highest BCUT2D eigenvalue weighted by atomic mass is 79.9. The molecule has 1 unspecified atom stereocenters. The zero-order valence-corrected chi connectivity index (χ0v) is 13.8. The van der Waals surface area contributed by atoms with E-state index in [1.807, 2.05) is 0 Å². The van der Waals surface area contributed by atoms with E-state index >= 15 is 0 Å². The molecule has 1 heterocycles. The van der Waals surface area contributed by atoms with Crippen LogP contribution in [0, 0.1) is 13.8 Å². The highest BCUT2D eigenvalue weighted by Crippen LogP contribution is 2.32. The van der Waals surface area contributed by atoms with Crippen molar-refractivity contribution >= 4 is 43.2 Å². The van der Waals surface area contributed by atoms with Crippen LogP contribution in [-0.4, -0.2) is 0 Å². The first-order valence-corrected chi connectivity index (χ1v) is 8.09. The first kappa shape index (κ1) is 13.3. The molecule has 0 saturated carbocycles. The Morgan fingerprint density at radius 2 is 1.94 bits per heavy atom. The SMILES string of the molecule is Cc1ccc(CC(Br)c2csc(Br)c2)cc1C. The van der Waals surface area contributed by atoms with Crippen LogP contribution < -0.4 is 0 Å². The highest BCUT2D eigenvalue weighted by molar-refractivity contribution is 9.11. The Kier molecular flexibility index (Phi) is 4.45. The molecule has 0 aliphatic heterocycles. The first-order valence-electron chi connectivity index (χ1n) is 5.50.